The van der Waals surface area contributed by atoms with E-state index in [1.165, 1.54) is 28.2 Å². The Balaban J connectivity index is 1.67. The minimum atomic E-state index is -4.66. The van der Waals surface area contributed by atoms with Gasteiger partial charge in [0.05, 0.1) is 6.20 Å². The minimum absolute atomic E-state index is 0.0935. The third kappa shape index (κ3) is 3.05. The lowest BCUT2D eigenvalue weighted by Crippen LogP contribution is -2.27. The van der Waals surface area contributed by atoms with Gasteiger partial charge in [-0.05, 0) is 18.6 Å². The molecule has 172 valence electrons. The normalized spacial score (nSPS) is 14.7. The molecule has 6 heterocycles. The van der Waals surface area contributed by atoms with Crippen LogP contribution in [0.5, 0.6) is 0 Å². The maximum Gasteiger partial charge on any atom is 0.435 e. The van der Waals surface area contributed by atoms with Gasteiger partial charge in [-0.15, -0.1) is 0 Å². The average Bonchev–Trinajstić information content (AvgIpc) is 3.51. The predicted octanol–water partition coefficient (Wildman–Crippen LogP) is 3.91. The van der Waals surface area contributed by atoms with Gasteiger partial charge in [0.25, 0.3) is 0 Å². The van der Waals surface area contributed by atoms with Crippen molar-refractivity contribution in [2.24, 2.45) is 0 Å². The van der Waals surface area contributed by atoms with Crippen LogP contribution in [-0.2, 0) is 17.5 Å². The van der Waals surface area contributed by atoms with Crippen LogP contribution in [0, 0.1) is 0 Å². The van der Waals surface area contributed by atoms with E-state index in [0.717, 1.165) is 0 Å². The Bertz CT molecular complexity index is 1580. The summed E-state index contributed by atoms with van der Waals surface area (Å²) in [5, 5.41) is 3.78. The summed E-state index contributed by atoms with van der Waals surface area (Å²) in [6.45, 7) is 0.153. The van der Waals surface area contributed by atoms with Crippen molar-refractivity contribution in [3.63, 3.8) is 0 Å². The molecule has 0 aliphatic carbocycles. The van der Waals surface area contributed by atoms with Gasteiger partial charge in [0.15, 0.2) is 17.2 Å². The number of halogens is 3. The number of amides is 1. The Labute approximate surface area is 189 Å². The monoisotopic (exact) mass is 466 g/mol. The molecule has 5 aromatic heterocycles. The summed E-state index contributed by atoms with van der Waals surface area (Å²) in [6, 6.07) is 5.45. The molecule has 0 atom stereocenters. The summed E-state index contributed by atoms with van der Waals surface area (Å²) >= 11 is 0. The van der Waals surface area contributed by atoms with Crippen LogP contribution in [0.15, 0.2) is 43.0 Å². The quantitative estimate of drug-likeness (QED) is 0.373. The highest BCUT2D eigenvalue weighted by Crippen LogP contribution is 2.39. The molecule has 6 rings (SSSR count). The first-order chi connectivity index (χ1) is 16.3. The molecule has 0 unspecified atom stereocenters. The third-order valence-electron chi connectivity index (χ3n) is 5.93. The average molecular weight is 466 g/mol. The minimum Gasteiger partial charge on any atom is -0.344 e. The first-order valence-electron chi connectivity index (χ1n) is 10.5. The summed E-state index contributed by atoms with van der Waals surface area (Å²) in [7, 11) is 1.63. The number of anilines is 1. The van der Waals surface area contributed by atoms with Gasteiger partial charge in [-0.3, -0.25) is 18.8 Å². The second-order valence-electron chi connectivity index (χ2n) is 8.08. The summed E-state index contributed by atoms with van der Waals surface area (Å²) in [5.41, 5.74) is 1.26. The van der Waals surface area contributed by atoms with Crippen molar-refractivity contribution in [1.82, 2.24) is 34.1 Å². The number of nitrogens with zero attached hydrogens (tertiary/aromatic N) is 7. The summed E-state index contributed by atoms with van der Waals surface area (Å²) < 4.78 is 44.5. The largest absolute Gasteiger partial charge is 0.435 e. The van der Waals surface area contributed by atoms with E-state index in [-0.39, 0.29) is 35.5 Å². The Morgan fingerprint density at radius 1 is 1.15 bits per heavy atom. The highest BCUT2D eigenvalue weighted by molar-refractivity contribution is 5.97. The van der Waals surface area contributed by atoms with E-state index in [2.05, 4.69) is 25.0 Å². The summed E-state index contributed by atoms with van der Waals surface area (Å²) in [5.74, 6) is 0.176. The van der Waals surface area contributed by atoms with Crippen LogP contribution < -0.4 is 4.90 Å². The number of aromatic amines is 1. The van der Waals surface area contributed by atoms with Gasteiger partial charge < -0.3 is 4.98 Å². The molecule has 5 aromatic rings. The number of hydrogen-bond donors (Lipinski definition) is 1. The number of carbonyl (C=O) groups excluding carboxylic acids is 1. The van der Waals surface area contributed by atoms with Crippen molar-refractivity contribution in [1.29, 1.82) is 0 Å². The molecule has 0 radical (unpaired) electrons. The lowest BCUT2D eigenvalue weighted by atomic mass is 10.1. The van der Waals surface area contributed by atoms with E-state index < -0.39 is 11.9 Å². The number of nitrogens with one attached hydrogen (secondary N) is 1. The highest BCUT2D eigenvalue weighted by Gasteiger charge is 2.38. The number of aromatic nitrogens is 7. The lowest BCUT2D eigenvalue weighted by Gasteiger charge is -2.16. The van der Waals surface area contributed by atoms with E-state index in [1.807, 2.05) is 12.1 Å². The first-order valence-corrected chi connectivity index (χ1v) is 10.5. The maximum atomic E-state index is 13.8. The van der Waals surface area contributed by atoms with Gasteiger partial charge in [-0.1, -0.05) is 6.07 Å². The number of H-pyrrole nitrogens is 1. The third-order valence-corrected chi connectivity index (χ3v) is 5.93. The fourth-order valence-corrected chi connectivity index (χ4v) is 4.29. The van der Waals surface area contributed by atoms with Crippen molar-refractivity contribution in [2.45, 2.75) is 25.6 Å². The number of aryl methyl sites for hydroxylation is 1. The smallest absolute Gasteiger partial charge is 0.344 e. The van der Waals surface area contributed by atoms with Crippen molar-refractivity contribution in [2.75, 3.05) is 11.9 Å². The summed E-state index contributed by atoms with van der Waals surface area (Å²) in [4.78, 5) is 31.0. The van der Waals surface area contributed by atoms with Crippen molar-refractivity contribution in [3.05, 3.63) is 48.7 Å². The van der Waals surface area contributed by atoms with Crippen LogP contribution in [-0.4, -0.2) is 47.1 Å². The lowest BCUT2D eigenvalue weighted by molar-refractivity contribution is -0.141. The molecular weight excluding hydrogens is 449 g/mol. The molecule has 1 aliphatic heterocycles. The van der Waals surface area contributed by atoms with Crippen molar-refractivity contribution >= 4 is 28.5 Å². The Hall–Kier alpha value is -4.22. The molecule has 1 amide bonds. The molecule has 4 bridgehead atoms. The van der Waals surface area contributed by atoms with E-state index in [0.29, 0.717) is 34.9 Å². The molecule has 9 nitrogen and oxygen atoms in total. The zero-order valence-electron chi connectivity index (χ0n) is 17.8. The molecule has 12 heteroatoms. The topological polar surface area (TPSA) is 97.0 Å². The van der Waals surface area contributed by atoms with Gasteiger partial charge >= 0.3 is 6.18 Å². The fourth-order valence-electron chi connectivity index (χ4n) is 4.29. The molecule has 34 heavy (non-hydrogen) atoms. The van der Waals surface area contributed by atoms with E-state index in [4.69, 9.17) is 0 Å². The van der Waals surface area contributed by atoms with E-state index in [9.17, 15) is 18.0 Å². The number of hydrogen-bond acceptors (Lipinski definition) is 5. The van der Waals surface area contributed by atoms with Gasteiger partial charge in [-0.2, -0.15) is 18.3 Å². The van der Waals surface area contributed by atoms with Gasteiger partial charge in [0.1, 0.15) is 22.6 Å². The fraction of sp³-hybridized carbons (Fsp3) is 0.227. The number of imidazole rings is 1. The zero-order chi connectivity index (χ0) is 23.6. The second kappa shape index (κ2) is 7.14. The maximum absolute atomic E-state index is 13.8. The van der Waals surface area contributed by atoms with Crippen LogP contribution in [0.4, 0.5) is 19.0 Å². The predicted molar refractivity (Wildman–Crippen MR) is 117 cm³/mol. The number of pyridine rings is 1. The van der Waals surface area contributed by atoms with Crippen LogP contribution in [0.3, 0.4) is 0 Å². The van der Waals surface area contributed by atoms with Crippen LogP contribution in [0.2, 0.25) is 0 Å². The molecule has 0 fully saturated rings. The molecular formula is C22H17F3N8O. The Morgan fingerprint density at radius 3 is 2.82 bits per heavy atom. The molecule has 1 aliphatic rings. The van der Waals surface area contributed by atoms with Gasteiger partial charge in [0, 0.05) is 49.7 Å². The number of rotatable bonds is 0. The zero-order valence-corrected chi connectivity index (χ0v) is 17.8. The van der Waals surface area contributed by atoms with Gasteiger partial charge in [0.2, 0.25) is 5.91 Å². The number of fused-ring (bicyclic) bond motifs is 8. The van der Waals surface area contributed by atoms with Crippen molar-refractivity contribution < 1.29 is 18.0 Å². The van der Waals surface area contributed by atoms with Crippen LogP contribution >= 0.6 is 0 Å². The number of carbonyl (C=O) groups is 1. The second-order valence-corrected chi connectivity index (χ2v) is 8.08. The number of alkyl halides is 3. The highest BCUT2D eigenvalue weighted by atomic mass is 19.4. The van der Waals surface area contributed by atoms with Crippen molar-refractivity contribution in [3.8, 4) is 22.5 Å². The molecule has 0 aromatic carbocycles. The SMILES string of the molecule is CN1C(=O)CCCn2cc(c(C(F)(F)F)n2)-c2c[nH]c3ncc(nc23)-c2c1nc1ccccn21. The van der Waals surface area contributed by atoms with Crippen LogP contribution in [0.25, 0.3) is 39.3 Å². The molecule has 1 N–H and O–H groups in total. The Kier molecular flexibility index (Phi) is 4.28. The standard InChI is InChI=1S/C22H17F3N8O/c1-31-16(34)6-4-7-32-11-13(19(30-32)22(23,24)25)12-9-26-20-17(12)28-14(10-27-20)18-21(31)29-15-5-2-3-8-33(15)18/h2-3,5,8-11H,4,6-7H2,1H3,(H,26,27). The van der Waals surface area contributed by atoms with E-state index in [1.54, 1.807) is 23.7 Å². The molecule has 0 saturated heterocycles. The first kappa shape index (κ1) is 20.4. The van der Waals surface area contributed by atoms with E-state index >= 15 is 0 Å². The Morgan fingerprint density at radius 2 is 2.00 bits per heavy atom. The van der Waals surface area contributed by atoms with Gasteiger partial charge in [-0.25, -0.2) is 15.0 Å². The van der Waals surface area contributed by atoms with Crippen LogP contribution in [0.1, 0.15) is 18.5 Å². The summed E-state index contributed by atoms with van der Waals surface area (Å²) in [6.07, 6.45) is 1.88. The molecule has 0 saturated carbocycles. The molecule has 0 spiro atoms.